The van der Waals surface area contributed by atoms with E-state index >= 15 is 0 Å². The summed E-state index contributed by atoms with van der Waals surface area (Å²) in [5.41, 5.74) is 1.32. The maximum atomic E-state index is 13.4. The quantitative estimate of drug-likeness (QED) is 0.926. The van der Waals surface area contributed by atoms with Gasteiger partial charge in [0.2, 0.25) is 5.91 Å². The number of piperidine rings is 1. The molecule has 24 heavy (non-hydrogen) atoms. The normalized spacial score (nSPS) is 31.0. The minimum Gasteiger partial charge on any atom is -0.334 e. The van der Waals surface area contributed by atoms with Crippen LogP contribution >= 0.6 is 0 Å². The van der Waals surface area contributed by atoms with E-state index in [1.807, 2.05) is 0 Å². The smallest absolute Gasteiger partial charge is 0.240 e. The van der Waals surface area contributed by atoms with Crippen LogP contribution in [-0.2, 0) is 11.3 Å². The summed E-state index contributed by atoms with van der Waals surface area (Å²) in [6, 6.07) is 11.6. The second-order valence-electron chi connectivity index (χ2n) is 7.59. The van der Waals surface area contributed by atoms with Crippen LogP contribution in [0.4, 0.5) is 0 Å². The minimum atomic E-state index is 0.0835. The summed E-state index contributed by atoms with van der Waals surface area (Å²) >= 11 is 0. The van der Waals surface area contributed by atoms with Crippen molar-refractivity contribution in [2.75, 3.05) is 19.6 Å². The minimum absolute atomic E-state index is 0.0835. The van der Waals surface area contributed by atoms with E-state index in [0.717, 1.165) is 39.0 Å². The maximum absolute atomic E-state index is 13.4. The first-order valence-corrected chi connectivity index (χ1v) is 9.64. The van der Waals surface area contributed by atoms with E-state index in [0.29, 0.717) is 18.0 Å². The van der Waals surface area contributed by atoms with Crippen LogP contribution in [-0.4, -0.2) is 53.5 Å². The fourth-order valence-corrected chi connectivity index (χ4v) is 4.79. The predicted molar refractivity (Wildman–Crippen MR) is 95.6 cm³/mol. The van der Waals surface area contributed by atoms with Gasteiger partial charge in [-0.25, -0.2) is 0 Å². The molecule has 3 heterocycles. The molecule has 1 aromatic rings. The first-order chi connectivity index (χ1) is 11.8. The van der Waals surface area contributed by atoms with Gasteiger partial charge >= 0.3 is 0 Å². The number of nitrogens with one attached hydrogen (secondary N) is 1. The lowest BCUT2D eigenvalue weighted by atomic mass is 9.99. The van der Waals surface area contributed by atoms with Crippen molar-refractivity contribution in [2.45, 2.75) is 63.2 Å². The van der Waals surface area contributed by atoms with Gasteiger partial charge in [-0.05, 0) is 50.8 Å². The number of rotatable bonds is 3. The Morgan fingerprint density at radius 2 is 1.88 bits per heavy atom. The van der Waals surface area contributed by atoms with Gasteiger partial charge in [0, 0.05) is 25.2 Å². The van der Waals surface area contributed by atoms with Crippen LogP contribution in [0.2, 0.25) is 0 Å². The zero-order chi connectivity index (χ0) is 16.4. The van der Waals surface area contributed by atoms with Crippen molar-refractivity contribution in [1.29, 1.82) is 0 Å². The monoisotopic (exact) mass is 327 g/mol. The number of likely N-dealkylation sites (tertiary alicyclic amines) is 1. The van der Waals surface area contributed by atoms with Gasteiger partial charge in [-0.15, -0.1) is 0 Å². The zero-order valence-electron chi connectivity index (χ0n) is 14.5. The first-order valence-electron chi connectivity index (χ1n) is 9.64. The highest BCUT2D eigenvalue weighted by molar-refractivity contribution is 5.83. The van der Waals surface area contributed by atoms with Crippen molar-refractivity contribution >= 4 is 5.91 Å². The first kappa shape index (κ1) is 16.1. The molecule has 4 rings (SSSR count). The molecule has 2 bridgehead atoms. The van der Waals surface area contributed by atoms with Gasteiger partial charge in [0.15, 0.2) is 0 Å². The number of fused-ring (bicyclic) bond motifs is 2. The molecular weight excluding hydrogens is 298 g/mol. The van der Waals surface area contributed by atoms with E-state index in [9.17, 15) is 4.79 Å². The molecule has 3 unspecified atom stereocenters. The zero-order valence-corrected chi connectivity index (χ0v) is 14.5. The Balaban J connectivity index is 1.50. The third kappa shape index (κ3) is 3.22. The van der Waals surface area contributed by atoms with E-state index in [1.54, 1.807) is 0 Å². The third-order valence-electron chi connectivity index (χ3n) is 6.04. The molecule has 0 saturated carbocycles. The average Bonchev–Trinajstić information content (AvgIpc) is 2.88. The molecule has 0 aliphatic carbocycles. The molecular formula is C20H29N3O. The summed E-state index contributed by atoms with van der Waals surface area (Å²) in [6.45, 7) is 3.99. The van der Waals surface area contributed by atoms with E-state index in [2.05, 4.69) is 45.4 Å². The fourth-order valence-electron chi connectivity index (χ4n) is 4.79. The summed E-state index contributed by atoms with van der Waals surface area (Å²) < 4.78 is 0. The highest BCUT2D eigenvalue weighted by Gasteiger charge is 2.42. The molecule has 3 aliphatic heterocycles. The molecule has 3 fully saturated rings. The third-order valence-corrected chi connectivity index (χ3v) is 6.04. The molecule has 1 amide bonds. The Morgan fingerprint density at radius 3 is 2.75 bits per heavy atom. The average molecular weight is 327 g/mol. The molecule has 1 aromatic carbocycles. The fraction of sp³-hybridized carbons (Fsp3) is 0.650. The number of carbonyl (C=O) groups is 1. The van der Waals surface area contributed by atoms with Crippen molar-refractivity contribution in [3.05, 3.63) is 35.9 Å². The number of nitrogens with zero attached hydrogens (tertiary/aromatic N) is 2. The summed E-state index contributed by atoms with van der Waals surface area (Å²) in [5, 5.41) is 3.51. The van der Waals surface area contributed by atoms with Gasteiger partial charge < -0.3 is 10.2 Å². The molecule has 1 N–H and O–H groups in total. The number of benzene rings is 1. The molecule has 3 aliphatic rings. The van der Waals surface area contributed by atoms with Crippen molar-refractivity contribution < 1.29 is 4.79 Å². The summed E-state index contributed by atoms with van der Waals surface area (Å²) in [7, 11) is 0. The molecule has 3 saturated heterocycles. The Bertz CT molecular complexity index is 547. The molecule has 4 nitrogen and oxygen atoms in total. The van der Waals surface area contributed by atoms with Gasteiger partial charge in [-0.3, -0.25) is 9.69 Å². The van der Waals surface area contributed by atoms with E-state index in [-0.39, 0.29) is 6.04 Å². The van der Waals surface area contributed by atoms with Crippen LogP contribution in [0.25, 0.3) is 0 Å². The Hall–Kier alpha value is -1.39. The second kappa shape index (κ2) is 7.24. The van der Waals surface area contributed by atoms with Crippen LogP contribution in [0.1, 0.15) is 44.1 Å². The number of hydrogen-bond donors (Lipinski definition) is 1. The lowest BCUT2D eigenvalue weighted by molar-refractivity contribution is -0.141. The van der Waals surface area contributed by atoms with Crippen molar-refractivity contribution in [1.82, 2.24) is 15.1 Å². The van der Waals surface area contributed by atoms with Crippen LogP contribution < -0.4 is 5.32 Å². The Morgan fingerprint density at radius 1 is 1.04 bits per heavy atom. The van der Waals surface area contributed by atoms with Gasteiger partial charge in [0.25, 0.3) is 0 Å². The number of amides is 1. The van der Waals surface area contributed by atoms with Crippen molar-refractivity contribution in [3.63, 3.8) is 0 Å². The molecule has 0 spiro atoms. The SMILES string of the molecule is O=C(C1CCCCN1Cc1ccccc1)N1C2CCNCC1CC2. The highest BCUT2D eigenvalue weighted by Crippen LogP contribution is 2.31. The van der Waals surface area contributed by atoms with Crippen molar-refractivity contribution in [2.24, 2.45) is 0 Å². The van der Waals surface area contributed by atoms with Crippen LogP contribution in [0.15, 0.2) is 30.3 Å². The standard InChI is InChI=1S/C20H29N3O/c24-20(23-17-9-10-18(23)14-21-12-11-17)19-8-4-5-13-22(19)15-16-6-2-1-3-7-16/h1-3,6-7,17-19,21H,4-5,8-15H2. The van der Waals surface area contributed by atoms with Crippen LogP contribution in [0.3, 0.4) is 0 Å². The van der Waals surface area contributed by atoms with Crippen LogP contribution in [0, 0.1) is 0 Å². The Labute approximate surface area is 145 Å². The summed E-state index contributed by atoms with van der Waals surface area (Å²) in [4.78, 5) is 18.1. The Kier molecular flexibility index (Phi) is 4.86. The highest BCUT2D eigenvalue weighted by atomic mass is 16.2. The van der Waals surface area contributed by atoms with Crippen molar-refractivity contribution in [3.8, 4) is 0 Å². The van der Waals surface area contributed by atoms with E-state index in [1.165, 1.54) is 31.2 Å². The molecule has 130 valence electrons. The second-order valence-corrected chi connectivity index (χ2v) is 7.59. The van der Waals surface area contributed by atoms with Gasteiger partial charge in [-0.1, -0.05) is 36.8 Å². The predicted octanol–water partition coefficient (Wildman–Crippen LogP) is 2.39. The van der Waals surface area contributed by atoms with E-state index in [4.69, 9.17) is 0 Å². The topological polar surface area (TPSA) is 35.6 Å². The number of carbonyl (C=O) groups excluding carboxylic acids is 1. The molecule has 4 heteroatoms. The molecule has 0 aromatic heterocycles. The van der Waals surface area contributed by atoms with E-state index < -0.39 is 0 Å². The van der Waals surface area contributed by atoms with Gasteiger partial charge in [0.1, 0.15) is 0 Å². The maximum Gasteiger partial charge on any atom is 0.240 e. The molecule has 0 radical (unpaired) electrons. The van der Waals surface area contributed by atoms with Gasteiger partial charge in [-0.2, -0.15) is 0 Å². The lowest BCUT2D eigenvalue weighted by Gasteiger charge is -2.39. The largest absolute Gasteiger partial charge is 0.334 e. The van der Waals surface area contributed by atoms with Crippen LogP contribution in [0.5, 0.6) is 0 Å². The van der Waals surface area contributed by atoms with Gasteiger partial charge in [0.05, 0.1) is 6.04 Å². The lowest BCUT2D eigenvalue weighted by Crippen LogP contribution is -2.54. The summed E-state index contributed by atoms with van der Waals surface area (Å²) in [5.74, 6) is 0.404. The number of hydrogen-bond acceptors (Lipinski definition) is 3. The molecule has 3 atom stereocenters. The summed E-state index contributed by atoms with van der Waals surface area (Å²) in [6.07, 6.45) is 6.91.